The van der Waals surface area contributed by atoms with Crippen molar-refractivity contribution in [1.82, 2.24) is 29.8 Å². The van der Waals surface area contributed by atoms with Crippen molar-refractivity contribution < 1.29 is 4.79 Å². The second-order valence-corrected chi connectivity index (χ2v) is 7.90. The van der Waals surface area contributed by atoms with Crippen LogP contribution in [0.3, 0.4) is 0 Å². The Labute approximate surface area is 171 Å². The van der Waals surface area contributed by atoms with Crippen LogP contribution in [0.1, 0.15) is 41.0 Å². The summed E-state index contributed by atoms with van der Waals surface area (Å²) in [7, 11) is 0. The summed E-state index contributed by atoms with van der Waals surface area (Å²) in [5, 5.41) is 0. The summed E-state index contributed by atoms with van der Waals surface area (Å²) in [6.45, 7) is 1.05. The molecule has 0 radical (unpaired) electrons. The van der Waals surface area contributed by atoms with Crippen molar-refractivity contribution in [1.29, 1.82) is 0 Å². The molecule has 1 fully saturated rings. The molecule has 3 aromatic rings. The molecule has 2 N–H and O–H groups in total. The zero-order valence-electron chi connectivity index (χ0n) is 16.2. The SMILES string of the molecule is O=C(c1cncc(=O)[nH]1)N1CCCC2(CCc3c2nc(-c2cccnc2)[nH]c3=O)C1. The van der Waals surface area contributed by atoms with Gasteiger partial charge in [0, 0.05) is 42.0 Å². The lowest BCUT2D eigenvalue weighted by molar-refractivity contribution is 0.0626. The molecule has 0 bridgehead atoms. The highest BCUT2D eigenvalue weighted by molar-refractivity contribution is 5.92. The second-order valence-electron chi connectivity index (χ2n) is 7.90. The van der Waals surface area contributed by atoms with Gasteiger partial charge in [0.15, 0.2) is 0 Å². The summed E-state index contributed by atoms with van der Waals surface area (Å²) in [5.74, 6) is 0.234. The number of nitrogens with one attached hydrogen (secondary N) is 2. The van der Waals surface area contributed by atoms with Crippen molar-refractivity contribution in [2.75, 3.05) is 13.1 Å². The van der Waals surface area contributed by atoms with E-state index >= 15 is 0 Å². The van der Waals surface area contributed by atoms with E-state index in [2.05, 4.69) is 19.9 Å². The van der Waals surface area contributed by atoms with Gasteiger partial charge in [0.05, 0.1) is 18.1 Å². The van der Waals surface area contributed by atoms with Crippen molar-refractivity contribution in [3.63, 3.8) is 0 Å². The second kappa shape index (κ2) is 7.01. The van der Waals surface area contributed by atoms with Gasteiger partial charge in [-0.15, -0.1) is 0 Å². The number of rotatable bonds is 2. The molecule has 3 aromatic heterocycles. The van der Waals surface area contributed by atoms with E-state index in [9.17, 15) is 14.4 Å². The first-order valence-corrected chi connectivity index (χ1v) is 9.93. The van der Waals surface area contributed by atoms with Crippen LogP contribution in [0.4, 0.5) is 0 Å². The van der Waals surface area contributed by atoms with Gasteiger partial charge in [0.1, 0.15) is 11.5 Å². The predicted octanol–water partition coefficient (Wildman–Crippen LogP) is 1.04. The van der Waals surface area contributed by atoms with Crippen molar-refractivity contribution >= 4 is 5.91 Å². The van der Waals surface area contributed by atoms with E-state index in [1.54, 1.807) is 23.4 Å². The molecule has 5 rings (SSSR count). The number of carbonyl (C=O) groups excluding carboxylic acids is 1. The number of amides is 1. The summed E-state index contributed by atoms with van der Waals surface area (Å²) in [5.41, 5.74) is 1.50. The number of aromatic amines is 2. The van der Waals surface area contributed by atoms with E-state index in [0.717, 1.165) is 36.7 Å². The average molecular weight is 404 g/mol. The minimum Gasteiger partial charge on any atom is -0.336 e. The quantitative estimate of drug-likeness (QED) is 0.657. The highest BCUT2D eigenvalue weighted by atomic mass is 16.2. The van der Waals surface area contributed by atoms with Crippen molar-refractivity contribution in [3.8, 4) is 11.4 Å². The summed E-state index contributed by atoms with van der Waals surface area (Å²) in [6, 6.07) is 3.66. The van der Waals surface area contributed by atoms with Crippen LogP contribution in [0.5, 0.6) is 0 Å². The number of carbonyl (C=O) groups is 1. The predicted molar refractivity (Wildman–Crippen MR) is 108 cm³/mol. The van der Waals surface area contributed by atoms with Crippen molar-refractivity contribution in [2.45, 2.75) is 31.1 Å². The number of aromatic nitrogens is 5. The smallest absolute Gasteiger partial charge is 0.272 e. The maximum Gasteiger partial charge on any atom is 0.272 e. The van der Waals surface area contributed by atoms with E-state index in [4.69, 9.17) is 4.98 Å². The Kier molecular flexibility index (Phi) is 4.30. The number of piperidine rings is 1. The Morgan fingerprint density at radius 1 is 1.10 bits per heavy atom. The summed E-state index contributed by atoms with van der Waals surface area (Å²) >= 11 is 0. The van der Waals surface area contributed by atoms with E-state index in [-0.39, 0.29) is 22.6 Å². The lowest BCUT2D eigenvalue weighted by Crippen LogP contribution is -2.48. The highest BCUT2D eigenvalue weighted by Gasteiger charge is 2.46. The van der Waals surface area contributed by atoms with Gasteiger partial charge < -0.3 is 14.9 Å². The van der Waals surface area contributed by atoms with Crippen LogP contribution in [0.15, 0.2) is 46.5 Å². The third-order valence-electron chi connectivity index (χ3n) is 6.05. The van der Waals surface area contributed by atoms with E-state index < -0.39 is 5.56 Å². The topological polar surface area (TPSA) is 125 Å². The molecule has 0 saturated carbocycles. The first-order valence-electron chi connectivity index (χ1n) is 9.93. The normalized spacial score (nSPS) is 20.3. The van der Waals surface area contributed by atoms with Crippen LogP contribution < -0.4 is 11.1 Å². The van der Waals surface area contributed by atoms with Crippen molar-refractivity contribution in [2.24, 2.45) is 0 Å². The van der Waals surface area contributed by atoms with Crippen LogP contribution in [0, 0.1) is 0 Å². The number of pyridine rings is 1. The van der Waals surface area contributed by atoms with E-state index in [1.165, 1.54) is 6.20 Å². The van der Waals surface area contributed by atoms with Gasteiger partial charge >= 0.3 is 0 Å². The molecule has 2 aliphatic rings. The molecule has 1 spiro atoms. The minimum absolute atomic E-state index is 0.129. The summed E-state index contributed by atoms with van der Waals surface area (Å²) < 4.78 is 0. The van der Waals surface area contributed by atoms with Gasteiger partial charge in [0.25, 0.3) is 17.0 Å². The Balaban J connectivity index is 1.52. The number of likely N-dealkylation sites (tertiary alicyclic amines) is 1. The lowest BCUT2D eigenvalue weighted by Gasteiger charge is -2.40. The van der Waals surface area contributed by atoms with Crippen LogP contribution in [-0.2, 0) is 11.8 Å². The van der Waals surface area contributed by atoms with Gasteiger partial charge in [0.2, 0.25) is 0 Å². The van der Waals surface area contributed by atoms with Crippen LogP contribution in [0.25, 0.3) is 11.4 Å². The van der Waals surface area contributed by atoms with Crippen LogP contribution >= 0.6 is 0 Å². The molecule has 30 heavy (non-hydrogen) atoms. The molecule has 1 aliphatic carbocycles. The third-order valence-corrected chi connectivity index (χ3v) is 6.05. The molecule has 152 valence electrons. The fourth-order valence-electron chi connectivity index (χ4n) is 4.65. The molecule has 1 saturated heterocycles. The number of hydrogen-bond acceptors (Lipinski definition) is 6. The molecule has 1 amide bonds. The molecular weight excluding hydrogens is 384 g/mol. The third kappa shape index (κ3) is 3.02. The van der Waals surface area contributed by atoms with Crippen molar-refractivity contribution in [3.05, 3.63) is 74.6 Å². The first-order chi connectivity index (χ1) is 14.6. The average Bonchev–Trinajstić information content (AvgIpc) is 3.12. The maximum atomic E-state index is 13.0. The van der Waals surface area contributed by atoms with Gasteiger partial charge in [-0.3, -0.25) is 24.4 Å². The zero-order valence-corrected chi connectivity index (χ0v) is 16.2. The standard InChI is InChI=1S/C21H20N6O3/c28-16-11-23-10-15(24-16)20(30)27-8-2-5-21(12-27)6-4-14-17(21)25-18(26-19(14)29)13-3-1-7-22-9-13/h1,3,7,9-11H,2,4-6,8,12H2,(H,24,28)(H,25,26,29). The highest BCUT2D eigenvalue weighted by Crippen LogP contribution is 2.43. The summed E-state index contributed by atoms with van der Waals surface area (Å²) in [6.07, 6.45) is 8.90. The molecule has 1 unspecified atom stereocenters. The number of nitrogens with zero attached hydrogens (tertiary/aromatic N) is 4. The lowest BCUT2D eigenvalue weighted by atomic mass is 9.77. The molecular formula is C21H20N6O3. The van der Waals surface area contributed by atoms with Gasteiger partial charge in [-0.05, 0) is 37.8 Å². The fraction of sp³-hybridized carbons (Fsp3) is 0.333. The number of hydrogen-bond donors (Lipinski definition) is 2. The van der Waals surface area contributed by atoms with Crippen LogP contribution in [0.2, 0.25) is 0 Å². The molecule has 9 nitrogen and oxygen atoms in total. The summed E-state index contributed by atoms with van der Waals surface area (Å²) in [4.78, 5) is 57.2. The van der Waals surface area contributed by atoms with Crippen LogP contribution in [-0.4, -0.2) is 48.8 Å². The monoisotopic (exact) mass is 404 g/mol. The molecule has 1 atom stereocenters. The zero-order chi connectivity index (χ0) is 20.7. The Morgan fingerprint density at radius 3 is 2.80 bits per heavy atom. The van der Waals surface area contributed by atoms with E-state index in [0.29, 0.717) is 30.9 Å². The first kappa shape index (κ1) is 18.4. The Bertz CT molecular complexity index is 1240. The Morgan fingerprint density at radius 2 is 2.00 bits per heavy atom. The molecule has 0 aromatic carbocycles. The van der Waals surface area contributed by atoms with E-state index in [1.807, 2.05) is 6.07 Å². The maximum absolute atomic E-state index is 13.0. The molecule has 4 heterocycles. The number of fused-ring (bicyclic) bond motifs is 2. The number of H-pyrrole nitrogens is 2. The van der Waals surface area contributed by atoms with Gasteiger partial charge in [-0.1, -0.05) is 0 Å². The fourth-order valence-corrected chi connectivity index (χ4v) is 4.65. The molecule has 9 heteroatoms. The largest absolute Gasteiger partial charge is 0.336 e. The molecule has 1 aliphatic heterocycles. The van der Waals surface area contributed by atoms with Gasteiger partial charge in [-0.2, -0.15) is 0 Å². The Hall–Kier alpha value is -3.62. The minimum atomic E-state index is -0.409. The van der Waals surface area contributed by atoms with Gasteiger partial charge in [-0.25, -0.2) is 4.98 Å².